The summed E-state index contributed by atoms with van der Waals surface area (Å²) < 4.78 is 12.8. The Morgan fingerprint density at radius 1 is 0.906 bits per heavy atom. The number of rotatable bonds is 15. The molecule has 1 aromatic carbocycles. The second-order valence-corrected chi connectivity index (χ2v) is 7.27. The molecule has 11 heteroatoms. The molecule has 0 bridgehead atoms. The lowest BCUT2D eigenvalue weighted by Crippen LogP contribution is -2.17. The Morgan fingerprint density at radius 3 is 2.31 bits per heavy atom. The summed E-state index contributed by atoms with van der Waals surface area (Å²) >= 11 is 6.01. The van der Waals surface area contributed by atoms with Crippen LogP contribution in [-0.4, -0.2) is 70.6 Å². The van der Waals surface area contributed by atoms with Crippen LogP contribution >= 0.6 is 11.6 Å². The fourth-order valence-electron chi connectivity index (χ4n) is 2.78. The first-order valence-electron chi connectivity index (χ1n) is 10.6. The molecule has 0 spiro atoms. The molecule has 3 aromatic rings. The van der Waals surface area contributed by atoms with E-state index in [0.717, 1.165) is 18.5 Å². The van der Waals surface area contributed by atoms with Gasteiger partial charge in [-0.2, -0.15) is 15.0 Å². The largest absolute Gasteiger partial charge is 0.378 e. The maximum Gasteiger partial charge on any atom is 0.228 e. The number of nitrogens with zero attached hydrogens (tertiary/aromatic N) is 5. The number of anilines is 2. The zero-order chi connectivity index (χ0) is 22.4. The van der Waals surface area contributed by atoms with Gasteiger partial charge in [0.15, 0.2) is 5.82 Å². The first-order valence-corrected chi connectivity index (χ1v) is 10.9. The fourth-order valence-corrected chi connectivity index (χ4v) is 2.91. The Hall–Kier alpha value is -2.79. The van der Waals surface area contributed by atoms with Crippen molar-refractivity contribution in [3.8, 4) is 11.4 Å². The Balaban J connectivity index is 1.55. The molecule has 0 unspecified atom stereocenters. The van der Waals surface area contributed by atoms with Gasteiger partial charge in [-0.25, -0.2) is 4.98 Å². The van der Waals surface area contributed by atoms with E-state index in [0.29, 0.717) is 68.8 Å². The van der Waals surface area contributed by atoms with Crippen LogP contribution in [0.3, 0.4) is 0 Å². The summed E-state index contributed by atoms with van der Waals surface area (Å²) in [6.45, 7) is 4.72. The molecule has 0 aliphatic rings. The van der Waals surface area contributed by atoms with Crippen LogP contribution in [0.2, 0.25) is 5.02 Å². The van der Waals surface area contributed by atoms with Gasteiger partial charge in [0.05, 0.1) is 32.8 Å². The van der Waals surface area contributed by atoms with Gasteiger partial charge in [-0.3, -0.25) is 0 Å². The average molecular weight is 461 g/mol. The molecule has 2 aromatic heterocycles. The molecule has 0 fully saturated rings. The Bertz CT molecular complexity index is 909. The highest BCUT2D eigenvalue weighted by molar-refractivity contribution is 6.30. The summed E-state index contributed by atoms with van der Waals surface area (Å²) in [5.74, 6) is 1.55. The predicted octanol–water partition coefficient (Wildman–Crippen LogP) is 2.29. The monoisotopic (exact) mass is 460 g/mol. The smallest absolute Gasteiger partial charge is 0.228 e. The summed E-state index contributed by atoms with van der Waals surface area (Å²) in [7, 11) is 0. The number of nitrogens with two attached hydrogens (primary N) is 1. The first-order chi connectivity index (χ1) is 15.7. The van der Waals surface area contributed by atoms with Gasteiger partial charge in [-0.15, -0.1) is 0 Å². The van der Waals surface area contributed by atoms with E-state index >= 15 is 0 Å². The second-order valence-electron chi connectivity index (χ2n) is 6.83. The molecule has 0 aliphatic carbocycles. The third-order valence-corrected chi connectivity index (χ3v) is 4.59. The van der Waals surface area contributed by atoms with Crippen molar-refractivity contribution in [3.05, 3.63) is 48.0 Å². The highest BCUT2D eigenvalue weighted by Gasteiger charge is 2.09. The van der Waals surface area contributed by atoms with Gasteiger partial charge in [0.1, 0.15) is 0 Å². The van der Waals surface area contributed by atoms with Crippen molar-refractivity contribution < 1.29 is 9.47 Å². The lowest BCUT2D eigenvalue weighted by Gasteiger charge is -2.11. The number of hydrogen-bond acceptors (Lipinski definition) is 9. The molecular formula is C21H29ClN8O2. The third kappa shape index (κ3) is 8.39. The Morgan fingerprint density at radius 2 is 1.62 bits per heavy atom. The molecule has 0 radical (unpaired) electrons. The summed E-state index contributed by atoms with van der Waals surface area (Å²) in [5.41, 5.74) is 6.24. The molecule has 4 N–H and O–H groups in total. The van der Waals surface area contributed by atoms with Crippen molar-refractivity contribution in [2.45, 2.75) is 13.0 Å². The van der Waals surface area contributed by atoms with Crippen LogP contribution in [0.5, 0.6) is 0 Å². The van der Waals surface area contributed by atoms with Crippen molar-refractivity contribution in [1.82, 2.24) is 24.5 Å². The van der Waals surface area contributed by atoms with Gasteiger partial charge in [0.25, 0.3) is 0 Å². The molecular weight excluding hydrogens is 432 g/mol. The maximum absolute atomic E-state index is 6.01. The van der Waals surface area contributed by atoms with Gasteiger partial charge >= 0.3 is 0 Å². The predicted molar refractivity (Wildman–Crippen MR) is 125 cm³/mol. The number of aromatic nitrogens is 5. The standard InChI is InChI=1S/C21H29ClN8O2/c22-18-4-2-17(3-5-18)19-27-20(25-7-1-10-30-11-8-24-16-30)29-21(28-19)26-9-13-32-15-14-31-12-6-23/h2-5,8,11,16H,1,6-7,9-10,12-15,23H2,(H2,25,26,27,28,29). The number of benzene rings is 1. The van der Waals surface area contributed by atoms with Crippen LogP contribution in [0.25, 0.3) is 11.4 Å². The van der Waals surface area contributed by atoms with Crippen LogP contribution in [0.1, 0.15) is 6.42 Å². The highest BCUT2D eigenvalue weighted by atomic mass is 35.5. The van der Waals surface area contributed by atoms with E-state index in [-0.39, 0.29) is 0 Å². The molecule has 32 heavy (non-hydrogen) atoms. The highest BCUT2D eigenvalue weighted by Crippen LogP contribution is 2.20. The summed E-state index contributed by atoms with van der Waals surface area (Å²) in [4.78, 5) is 17.6. The minimum Gasteiger partial charge on any atom is -0.378 e. The van der Waals surface area contributed by atoms with Crippen molar-refractivity contribution >= 4 is 23.5 Å². The Labute approximate surface area is 192 Å². The van der Waals surface area contributed by atoms with Crippen LogP contribution < -0.4 is 16.4 Å². The number of hydrogen-bond donors (Lipinski definition) is 3. The second kappa shape index (κ2) is 13.6. The molecule has 0 saturated carbocycles. The molecule has 0 saturated heterocycles. The average Bonchev–Trinajstić information content (AvgIpc) is 3.32. The topological polar surface area (TPSA) is 125 Å². The van der Waals surface area contributed by atoms with Crippen LogP contribution in [-0.2, 0) is 16.0 Å². The quantitative estimate of drug-likeness (QED) is 0.293. The SMILES string of the molecule is NCCOCCOCCNc1nc(NCCCn2ccnc2)nc(-c2ccc(Cl)cc2)n1. The van der Waals surface area contributed by atoms with Gasteiger partial charge < -0.3 is 30.4 Å². The summed E-state index contributed by atoms with van der Waals surface area (Å²) in [6, 6.07) is 7.39. The Kier molecular flexibility index (Phi) is 10.1. The normalized spacial score (nSPS) is 10.9. The zero-order valence-electron chi connectivity index (χ0n) is 17.9. The minimum atomic E-state index is 0.477. The van der Waals surface area contributed by atoms with Crippen molar-refractivity contribution in [3.63, 3.8) is 0 Å². The van der Waals surface area contributed by atoms with Gasteiger partial charge in [-0.05, 0) is 30.7 Å². The molecule has 172 valence electrons. The van der Waals surface area contributed by atoms with Gasteiger partial charge in [0.2, 0.25) is 11.9 Å². The molecule has 3 rings (SSSR count). The van der Waals surface area contributed by atoms with Gasteiger partial charge in [0, 0.05) is 49.2 Å². The van der Waals surface area contributed by atoms with Crippen molar-refractivity contribution in [1.29, 1.82) is 0 Å². The maximum atomic E-state index is 6.01. The lowest BCUT2D eigenvalue weighted by molar-refractivity contribution is 0.0547. The number of nitrogens with one attached hydrogen (secondary N) is 2. The van der Waals surface area contributed by atoms with Gasteiger partial charge in [-0.1, -0.05) is 11.6 Å². The molecule has 2 heterocycles. The molecule has 10 nitrogen and oxygen atoms in total. The molecule has 0 amide bonds. The van der Waals surface area contributed by atoms with Crippen molar-refractivity contribution in [2.75, 3.05) is 56.7 Å². The van der Waals surface area contributed by atoms with E-state index in [2.05, 4.69) is 30.6 Å². The fraction of sp³-hybridized carbons (Fsp3) is 0.429. The lowest BCUT2D eigenvalue weighted by atomic mass is 10.2. The number of imidazole rings is 1. The van der Waals surface area contributed by atoms with E-state index in [1.54, 1.807) is 12.5 Å². The van der Waals surface area contributed by atoms with Crippen LogP contribution in [0.4, 0.5) is 11.9 Å². The first kappa shape index (κ1) is 23.9. The van der Waals surface area contributed by atoms with E-state index in [4.69, 9.17) is 26.8 Å². The number of ether oxygens (including phenoxy) is 2. The number of aryl methyl sites for hydroxylation is 1. The van der Waals surface area contributed by atoms with E-state index in [1.807, 2.05) is 35.0 Å². The zero-order valence-corrected chi connectivity index (χ0v) is 18.7. The van der Waals surface area contributed by atoms with E-state index < -0.39 is 0 Å². The minimum absolute atomic E-state index is 0.477. The molecule has 0 atom stereocenters. The van der Waals surface area contributed by atoms with E-state index in [1.165, 1.54) is 0 Å². The molecule has 0 aliphatic heterocycles. The number of halogens is 1. The summed E-state index contributed by atoms with van der Waals surface area (Å²) in [5, 5.41) is 7.13. The van der Waals surface area contributed by atoms with Crippen molar-refractivity contribution in [2.24, 2.45) is 5.73 Å². The van der Waals surface area contributed by atoms with E-state index in [9.17, 15) is 0 Å². The third-order valence-electron chi connectivity index (χ3n) is 4.34. The van der Waals surface area contributed by atoms with Crippen LogP contribution in [0, 0.1) is 0 Å². The summed E-state index contributed by atoms with van der Waals surface area (Å²) in [6.07, 6.45) is 6.42. The van der Waals surface area contributed by atoms with Crippen LogP contribution in [0.15, 0.2) is 43.0 Å².